The number of amides is 1. The molecule has 0 fully saturated rings. The molecular weight excluding hydrogens is 470 g/mol. The van der Waals surface area contributed by atoms with E-state index in [0.717, 1.165) is 0 Å². The molecule has 0 saturated heterocycles. The maximum absolute atomic E-state index is 13.5. The number of ether oxygens (including phenoxy) is 6. The molecule has 0 spiro atoms. The first-order valence-corrected chi connectivity index (χ1v) is 11.3. The molecule has 10 nitrogen and oxygen atoms in total. The summed E-state index contributed by atoms with van der Waals surface area (Å²) in [5.41, 5.74) is 0.195. The molecular formula is C26H31NO9. The van der Waals surface area contributed by atoms with Crippen LogP contribution in [0.1, 0.15) is 42.8 Å². The van der Waals surface area contributed by atoms with Crippen LogP contribution in [0.3, 0.4) is 0 Å². The Morgan fingerprint density at radius 1 is 1.03 bits per heavy atom. The summed E-state index contributed by atoms with van der Waals surface area (Å²) in [4.78, 5) is 38.6. The van der Waals surface area contributed by atoms with Gasteiger partial charge in [0.1, 0.15) is 17.2 Å². The van der Waals surface area contributed by atoms with Crippen molar-refractivity contribution in [1.82, 2.24) is 5.32 Å². The van der Waals surface area contributed by atoms with Gasteiger partial charge in [0.25, 0.3) is 0 Å². The van der Waals surface area contributed by atoms with Gasteiger partial charge in [0.2, 0.25) is 11.9 Å². The van der Waals surface area contributed by atoms with E-state index < -0.39 is 41.7 Å². The Kier molecular flexibility index (Phi) is 8.41. The predicted molar refractivity (Wildman–Crippen MR) is 129 cm³/mol. The Morgan fingerprint density at radius 2 is 1.72 bits per heavy atom. The van der Waals surface area contributed by atoms with Gasteiger partial charge in [-0.1, -0.05) is 12.1 Å². The molecule has 3 atom stereocenters. The largest absolute Gasteiger partial charge is 0.497 e. The average molecular weight is 502 g/mol. The summed E-state index contributed by atoms with van der Waals surface area (Å²) in [7, 11) is 4.19. The number of esters is 1. The first kappa shape index (κ1) is 26.8. The van der Waals surface area contributed by atoms with Crippen molar-refractivity contribution < 1.29 is 42.8 Å². The number of carbonyl (C=O) groups is 3. The SMILES string of the molecule is COC(=O)[C@H](COC(C)(C)C)NC(=O)OC1C(=O)c2cc(OC)ccc2O[C@H]1c1cccc(OC)c1. The van der Waals surface area contributed by atoms with Crippen LogP contribution in [0.4, 0.5) is 4.79 Å². The number of alkyl carbamates (subject to hydrolysis) is 1. The Labute approximate surface area is 209 Å². The Hall–Kier alpha value is -3.79. The molecule has 1 unspecified atom stereocenters. The van der Waals surface area contributed by atoms with Gasteiger partial charge in [0.15, 0.2) is 12.1 Å². The van der Waals surface area contributed by atoms with Crippen molar-refractivity contribution in [2.24, 2.45) is 0 Å². The minimum absolute atomic E-state index is 0.153. The summed E-state index contributed by atoms with van der Waals surface area (Å²) in [5.74, 6) is 0.0941. The van der Waals surface area contributed by atoms with Crippen LogP contribution in [0.15, 0.2) is 42.5 Å². The lowest BCUT2D eigenvalue weighted by atomic mass is 9.93. The van der Waals surface area contributed by atoms with Crippen molar-refractivity contribution in [3.63, 3.8) is 0 Å². The van der Waals surface area contributed by atoms with Gasteiger partial charge >= 0.3 is 12.1 Å². The number of benzene rings is 2. The highest BCUT2D eigenvalue weighted by Crippen LogP contribution is 2.39. The fraction of sp³-hybridized carbons (Fsp3) is 0.423. The van der Waals surface area contributed by atoms with Gasteiger partial charge in [-0.3, -0.25) is 4.79 Å². The Bertz CT molecular complexity index is 1110. The van der Waals surface area contributed by atoms with Crippen LogP contribution < -0.4 is 19.5 Å². The molecule has 0 aromatic heterocycles. The molecule has 1 aliphatic rings. The van der Waals surface area contributed by atoms with E-state index in [9.17, 15) is 14.4 Å². The van der Waals surface area contributed by atoms with E-state index in [1.807, 2.05) is 20.8 Å². The highest BCUT2D eigenvalue weighted by atomic mass is 16.6. The zero-order chi connectivity index (χ0) is 26.5. The van der Waals surface area contributed by atoms with Gasteiger partial charge in [0, 0.05) is 5.56 Å². The molecule has 1 amide bonds. The fourth-order valence-corrected chi connectivity index (χ4v) is 3.53. The van der Waals surface area contributed by atoms with Crippen LogP contribution in [-0.2, 0) is 19.0 Å². The van der Waals surface area contributed by atoms with Gasteiger partial charge in [0.05, 0.1) is 39.1 Å². The number of Topliss-reactive ketones (excluding diaryl/α,β-unsaturated/α-hetero) is 1. The predicted octanol–water partition coefficient (Wildman–Crippen LogP) is 3.47. The lowest BCUT2D eigenvalue weighted by molar-refractivity contribution is -0.146. The monoisotopic (exact) mass is 501 g/mol. The number of hydrogen-bond acceptors (Lipinski definition) is 9. The summed E-state index contributed by atoms with van der Waals surface area (Å²) in [6.45, 7) is 5.27. The van der Waals surface area contributed by atoms with Crippen molar-refractivity contribution in [3.8, 4) is 17.2 Å². The highest BCUT2D eigenvalue weighted by Gasteiger charge is 2.42. The van der Waals surface area contributed by atoms with Crippen LogP contribution in [0.2, 0.25) is 0 Å². The standard InChI is InChI=1S/C26H31NO9/c1-26(2,3)34-14-19(24(29)33-6)27-25(30)36-23-21(28)18-13-17(32-5)10-11-20(18)35-22(23)15-8-7-9-16(12-15)31-4/h7-13,19,22-23H,14H2,1-6H3,(H,27,30)/t19-,22-,23?/m0/s1. The molecule has 1 heterocycles. The second-order valence-electron chi connectivity index (χ2n) is 9.01. The quantitative estimate of drug-likeness (QED) is 0.542. The van der Waals surface area contributed by atoms with Crippen LogP contribution in [0, 0.1) is 0 Å². The van der Waals surface area contributed by atoms with Crippen molar-refractivity contribution in [3.05, 3.63) is 53.6 Å². The number of carbonyl (C=O) groups excluding carboxylic acids is 3. The van der Waals surface area contributed by atoms with Gasteiger partial charge in [-0.2, -0.15) is 0 Å². The molecule has 0 bridgehead atoms. The molecule has 0 saturated carbocycles. The van der Waals surface area contributed by atoms with E-state index in [1.165, 1.54) is 27.4 Å². The van der Waals surface area contributed by atoms with Gasteiger partial charge in [-0.05, 0) is 51.1 Å². The summed E-state index contributed by atoms with van der Waals surface area (Å²) in [5, 5.41) is 2.43. The lowest BCUT2D eigenvalue weighted by Crippen LogP contribution is -2.49. The van der Waals surface area contributed by atoms with Gasteiger partial charge in [-0.25, -0.2) is 9.59 Å². The minimum Gasteiger partial charge on any atom is -0.497 e. The molecule has 1 N–H and O–H groups in total. The van der Waals surface area contributed by atoms with Crippen molar-refractivity contribution in [2.75, 3.05) is 27.9 Å². The van der Waals surface area contributed by atoms with E-state index in [2.05, 4.69) is 5.32 Å². The Balaban J connectivity index is 1.90. The number of ketones is 1. The van der Waals surface area contributed by atoms with E-state index in [4.69, 9.17) is 28.4 Å². The minimum atomic E-state index is -1.36. The van der Waals surface area contributed by atoms with Gasteiger partial charge in [-0.15, -0.1) is 0 Å². The first-order chi connectivity index (χ1) is 17.1. The van der Waals surface area contributed by atoms with Crippen molar-refractivity contribution in [2.45, 2.75) is 44.6 Å². The summed E-state index contributed by atoms with van der Waals surface area (Å²) < 4.78 is 32.6. The maximum Gasteiger partial charge on any atom is 0.408 e. The van der Waals surface area contributed by atoms with Crippen LogP contribution in [0.25, 0.3) is 0 Å². The first-order valence-electron chi connectivity index (χ1n) is 11.3. The van der Waals surface area contributed by atoms with Crippen molar-refractivity contribution >= 4 is 17.8 Å². The Morgan fingerprint density at radius 3 is 2.36 bits per heavy atom. The number of hydrogen-bond donors (Lipinski definition) is 1. The second-order valence-corrected chi connectivity index (χ2v) is 9.01. The molecule has 0 radical (unpaired) electrons. The third-order valence-electron chi connectivity index (χ3n) is 5.36. The molecule has 10 heteroatoms. The van der Waals surface area contributed by atoms with E-state index in [-0.39, 0.29) is 12.2 Å². The molecule has 3 rings (SSSR count). The van der Waals surface area contributed by atoms with Crippen LogP contribution >= 0.6 is 0 Å². The summed E-state index contributed by atoms with van der Waals surface area (Å²) in [6.07, 6.45) is -3.34. The smallest absolute Gasteiger partial charge is 0.408 e. The van der Waals surface area contributed by atoms with E-state index in [1.54, 1.807) is 36.4 Å². The summed E-state index contributed by atoms with van der Waals surface area (Å²) in [6, 6.07) is 10.6. The van der Waals surface area contributed by atoms with Crippen LogP contribution in [-0.4, -0.2) is 63.5 Å². The zero-order valence-corrected chi connectivity index (χ0v) is 21.2. The average Bonchev–Trinajstić information content (AvgIpc) is 2.86. The molecule has 0 aliphatic carbocycles. The third kappa shape index (κ3) is 6.45. The molecule has 2 aromatic rings. The highest BCUT2D eigenvalue weighted by molar-refractivity contribution is 6.04. The zero-order valence-electron chi connectivity index (χ0n) is 21.2. The number of methoxy groups -OCH3 is 3. The van der Waals surface area contributed by atoms with E-state index in [0.29, 0.717) is 22.8 Å². The maximum atomic E-state index is 13.5. The summed E-state index contributed by atoms with van der Waals surface area (Å²) >= 11 is 0. The molecule has 1 aliphatic heterocycles. The fourth-order valence-electron chi connectivity index (χ4n) is 3.53. The number of fused-ring (bicyclic) bond motifs is 1. The second kappa shape index (κ2) is 11.3. The lowest BCUT2D eigenvalue weighted by Gasteiger charge is -2.33. The number of rotatable bonds is 8. The number of nitrogens with one attached hydrogen (secondary N) is 1. The molecule has 194 valence electrons. The van der Waals surface area contributed by atoms with E-state index >= 15 is 0 Å². The van der Waals surface area contributed by atoms with Gasteiger partial charge < -0.3 is 33.7 Å². The normalized spacial score (nSPS) is 17.8. The molecule has 2 aromatic carbocycles. The van der Waals surface area contributed by atoms with Crippen molar-refractivity contribution in [1.29, 1.82) is 0 Å². The molecule has 36 heavy (non-hydrogen) atoms. The topological polar surface area (TPSA) is 119 Å². The van der Waals surface area contributed by atoms with Crippen LogP contribution in [0.5, 0.6) is 17.2 Å². The third-order valence-corrected chi connectivity index (χ3v) is 5.36.